The number of aromatic nitrogens is 2. The van der Waals surface area contributed by atoms with Crippen molar-refractivity contribution < 1.29 is 14.6 Å². The molecule has 1 saturated heterocycles. The van der Waals surface area contributed by atoms with Crippen molar-refractivity contribution in [3.63, 3.8) is 0 Å². The molecular formula is C11H14N2O3. The van der Waals surface area contributed by atoms with Crippen LogP contribution < -0.4 is 0 Å². The van der Waals surface area contributed by atoms with Crippen LogP contribution in [0.2, 0.25) is 0 Å². The first-order chi connectivity index (χ1) is 7.68. The summed E-state index contributed by atoms with van der Waals surface area (Å²) in [6, 6.07) is 0. The number of carboxylic acid groups (broad SMARTS) is 1. The quantitative estimate of drug-likeness (QED) is 0.824. The molecule has 1 aromatic heterocycles. The van der Waals surface area contributed by atoms with E-state index in [1.807, 2.05) is 0 Å². The average Bonchev–Trinajstić information content (AvgIpc) is 2.29. The van der Waals surface area contributed by atoms with Crippen molar-refractivity contribution in [1.82, 2.24) is 9.97 Å². The first-order valence-corrected chi connectivity index (χ1v) is 5.37. The van der Waals surface area contributed by atoms with Crippen LogP contribution in [0.5, 0.6) is 0 Å². The summed E-state index contributed by atoms with van der Waals surface area (Å²) in [6.45, 7) is 2.41. The number of rotatable bonds is 2. The van der Waals surface area contributed by atoms with Gasteiger partial charge in [0.2, 0.25) is 0 Å². The van der Waals surface area contributed by atoms with Gasteiger partial charge in [-0.3, -0.25) is 0 Å². The maximum absolute atomic E-state index is 10.8. The fourth-order valence-electron chi connectivity index (χ4n) is 1.79. The average molecular weight is 222 g/mol. The molecule has 1 aliphatic rings. The second kappa shape index (κ2) is 4.57. The standard InChI is InChI=1S/C11H14N2O3/c1-7-8(11(14)15)6-12-10(13-7)9-4-2-3-5-16-9/h6,9H,2-5H2,1H3,(H,14,15). The molecule has 0 radical (unpaired) electrons. The summed E-state index contributed by atoms with van der Waals surface area (Å²) in [5, 5.41) is 8.86. The van der Waals surface area contributed by atoms with E-state index in [0.29, 0.717) is 11.5 Å². The molecule has 0 saturated carbocycles. The minimum Gasteiger partial charge on any atom is -0.478 e. The third-order valence-corrected chi connectivity index (χ3v) is 2.70. The predicted octanol–water partition coefficient (Wildman–Crippen LogP) is 1.72. The Balaban J connectivity index is 2.23. The topological polar surface area (TPSA) is 72.3 Å². The van der Waals surface area contributed by atoms with Crippen LogP contribution in [-0.2, 0) is 4.74 Å². The third-order valence-electron chi connectivity index (χ3n) is 2.70. The van der Waals surface area contributed by atoms with E-state index in [9.17, 15) is 4.79 Å². The summed E-state index contributed by atoms with van der Waals surface area (Å²) < 4.78 is 5.55. The molecule has 0 spiro atoms. The van der Waals surface area contributed by atoms with Gasteiger partial charge in [0.1, 0.15) is 6.10 Å². The Hall–Kier alpha value is -1.49. The van der Waals surface area contributed by atoms with Crippen molar-refractivity contribution in [3.8, 4) is 0 Å². The Labute approximate surface area is 93.5 Å². The number of ether oxygens (including phenoxy) is 1. The molecule has 1 aliphatic heterocycles. The molecule has 1 fully saturated rings. The molecule has 0 bridgehead atoms. The van der Waals surface area contributed by atoms with Crippen molar-refractivity contribution in [1.29, 1.82) is 0 Å². The zero-order valence-corrected chi connectivity index (χ0v) is 9.14. The van der Waals surface area contributed by atoms with Gasteiger partial charge in [-0.1, -0.05) is 0 Å². The highest BCUT2D eigenvalue weighted by atomic mass is 16.5. The molecule has 5 nitrogen and oxygen atoms in total. The van der Waals surface area contributed by atoms with Crippen molar-refractivity contribution >= 4 is 5.97 Å². The SMILES string of the molecule is Cc1nc(C2CCCCO2)ncc1C(=O)O. The lowest BCUT2D eigenvalue weighted by molar-refractivity contribution is 0.00927. The Morgan fingerprint density at radius 3 is 2.94 bits per heavy atom. The largest absolute Gasteiger partial charge is 0.478 e. The van der Waals surface area contributed by atoms with Gasteiger partial charge in [0.05, 0.1) is 11.3 Å². The van der Waals surface area contributed by atoms with E-state index in [1.165, 1.54) is 6.20 Å². The van der Waals surface area contributed by atoms with Crippen LogP contribution in [-0.4, -0.2) is 27.7 Å². The van der Waals surface area contributed by atoms with Crippen LogP contribution in [0, 0.1) is 6.92 Å². The highest BCUT2D eigenvalue weighted by molar-refractivity contribution is 5.88. The second-order valence-corrected chi connectivity index (χ2v) is 3.89. The van der Waals surface area contributed by atoms with E-state index < -0.39 is 5.97 Å². The minimum atomic E-state index is -0.992. The van der Waals surface area contributed by atoms with Gasteiger partial charge in [0.15, 0.2) is 5.82 Å². The summed E-state index contributed by atoms with van der Waals surface area (Å²) >= 11 is 0. The van der Waals surface area contributed by atoms with Crippen LogP contribution in [0.25, 0.3) is 0 Å². The van der Waals surface area contributed by atoms with Gasteiger partial charge in [-0.05, 0) is 26.2 Å². The molecule has 16 heavy (non-hydrogen) atoms. The lowest BCUT2D eigenvalue weighted by Gasteiger charge is -2.21. The number of carbonyl (C=O) groups is 1. The maximum atomic E-state index is 10.8. The molecule has 0 amide bonds. The summed E-state index contributed by atoms with van der Waals surface area (Å²) in [6.07, 6.45) is 4.37. The van der Waals surface area contributed by atoms with E-state index >= 15 is 0 Å². The molecule has 1 aromatic rings. The molecule has 2 rings (SSSR count). The van der Waals surface area contributed by atoms with Gasteiger partial charge >= 0.3 is 5.97 Å². The monoisotopic (exact) mass is 222 g/mol. The molecule has 0 aliphatic carbocycles. The van der Waals surface area contributed by atoms with Gasteiger partial charge in [0.25, 0.3) is 0 Å². The number of aryl methyl sites for hydroxylation is 1. The number of aromatic carboxylic acids is 1. The van der Waals surface area contributed by atoms with E-state index in [-0.39, 0.29) is 11.7 Å². The normalized spacial score (nSPS) is 20.7. The second-order valence-electron chi connectivity index (χ2n) is 3.89. The van der Waals surface area contributed by atoms with Crippen LogP contribution in [0.1, 0.15) is 47.2 Å². The van der Waals surface area contributed by atoms with Crippen molar-refractivity contribution in [2.75, 3.05) is 6.61 Å². The summed E-state index contributed by atoms with van der Waals surface area (Å²) in [7, 11) is 0. The Kier molecular flexibility index (Phi) is 3.14. The van der Waals surface area contributed by atoms with Crippen LogP contribution >= 0.6 is 0 Å². The van der Waals surface area contributed by atoms with Crippen molar-refractivity contribution in [2.45, 2.75) is 32.3 Å². The molecule has 0 aromatic carbocycles. The molecule has 2 heterocycles. The van der Waals surface area contributed by atoms with Gasteiger partial charge in [-0.2, -0.15) is 0 Å². The van der Waals surface area contributed by atoms with E-state index in [1.54, 1.807) is 6.92 Å². The van der Waals surface area contributed by atoms with Gasteiger partial charge < -0.3 is 9.84 Å². The molecule has 1 atom stereocenters. The Morgan fingerprint density at radius 2 is 2.38 bits per heavy atom. The van der Waals surface area contributed by atoms with Crippen LogP contribution in [0.3, 0.4) is 0 Å². The van der Waals surface area contributed by atoms with Gasteiger partial charge in [-0.15, -0.1) is 0 Å². The minimum absolute atomic E-state index is 0.0738. The number of carboxylic acids is 1. The number of hydrogen-bond acceptors (Lipinski definition) is 4. The third kappa shape index (κ3) is 2.19. The van der Waals surface area contributed by atoms with Crippen molar-refractivity contribution in [3.05, 3.63) is 23.3 Å². The van der Waals surface area contributed by atoms with Gasteiger partial charge in [0, 0.05) is 12.8 Å². The lowest BCUT2D eigenvalue weighted by atomic mass is 10.1. The predicted molar refractivity (Wildman–Crippen MR) is 56.3 cm³/mol. The smallest absolute Gasteiger partial charge is 0.339 e. The first kappa shape index (κ1) is 11.0. The molecule has 5 heteroatoms. The molecular weight excluding hydrogens is 208 g/mol. The van der Waals surface area contributed by atoms with E-state index in [4.69, 9.17) is 9.84 Å². The van der Waals surface area contributed by atoms with E-state index in [2.05, 4.69) is 9.97 Å². The van der Waals surface area contributed by atoms with Crippen molar-refractivity contribution in [2.24, 2.45) is 0 Å². The highest BCUT2D eigenvalue weighted by Crippen LogP contribution is 2.25. The Morgan fingerprint density at radius 1 is 1.56 bits per heavy atom. The first-order valence-electron chi connectivity index (χ1n) is 5.37. The fourth-order valence-corrected chi connectivity index (χ4v) is 1.79. The molecule has 1 unspecified atom stereocenters. The number of hydrogen-bond donors (Lipinski definition) is 1. The summed E-state index contributed by atoms with van der Waals surface area (Å²) in [4.78, 5) is 19.1. The molecule has 86 valence electrons. The van der Waals surface area contributed by atoms with Crippen LogP contribution in [0.4, 0.5) is 0 Å². The van der Waals surface area contributed by atoms with Crippen LogP contribution in [0.15, 0.2) is 6.20 Å². The lowest BCUT2D eigenvalue weighted by Crippen LogP contribution is -2.16. The molecule has 1 N–H and O–H groups in total. The Bertz CT molecular complexity index is 400. The zero-order chi connectivity index (χ0) is 11.5. The van der Waals surface area contributed by atoms with E-state index in [0.717, 1.165) is 25.9 Å². The zero-order valence-electron chi connectivity index (χ0n) is 9.14. The maximum Gasteiger partial charge on any atom is 0.339 e. The fraction of sp³-hybridized carbons (Fsp3) is 0.545. The van der Waals surface area contributed by atoms with Gasteiger partial charge in [-0.25, -0.2) is 14.8 Å². The highest BCUT2D eigenvalue weighted by Gasteiger charge is 2.20. The number of nitrogens with zero attached hydrogens (tertiary/aromatic N) is 2. The summed E-state index contributed by atoms with van der Waals surface area (Å²) in [5.74, 6) is -0.393. The summed E-state index contributed by atoms with van der Waals surface area (Å²) in [5.41, 5.74) is 0.645.